The van der Waals surface area contributed by atoms with E-state index in [1.807, 2.05) is 0 Å². The summed E-state index contributed by atoms with van der Waals surface area (Å²) in [6.07, 6.45) is 3.60. The van der Waals surface area contributed by atoms with Gasteiger partial charge in [0.15, 0.2) is 0 Å². The fourth-order valence-corrected chi connectivity index (χ4v) is 2.43. The maximum absolute atomic E-state index is 5.95. The van der Waals surface area contributed by atoms with Crippen molar-refractivity contribution in [2.24, 2.45) is 23.0 Å². The van der Waals surface area contributed by atoms with Crippen LogP contribution in [0, 0.1) is 17.3 Å². The van der Waals surface area contributed by atoms with E-state index in [-0.39, 0.29) is 0 Å². The van der Waals surface area contributed by atoms with Crippen molar-refractivity contribution in [3.05, 3.63) is 11.6 Å². The summed E-state index contributed by atoms with van der Waals surface area (Å²) in [7, 11) is 0. The Balaban J connectivity index is 2.22. The van der Waals surface area contributed by atoms with Gasteiger partial charge in [-0.05, 0) is 30.6 Å². The molecule has 1 fully saturated rings. The number of hydrogen-bond acceptors (Lipinski definition) is 1. The standard InChI is InChI=1S/C10H17N/c1-6-4-7-8(5-9(6)11)10(7,2)3/h4,7-9H,5,11H2,1-3H3/t7-,8-,9+/m1/s1. The second kappa shape index (κ2) is 1.89. The van der Waals surface area contributed by atoms with Gasteiger partial charge in [0.1, 0.15) is 0 Å². The second-order valence-electron chi connectivity index (χ2n) is 4.71. The van der Waals surface area contributed by atoms with E-state index in [1.165, 1.54) is 12.0 Å². The van der Waals surface area contributed by atoms with Gasteiger partial charge in [-0.15, -0.1) is 0 Å². The number of nitrogens with two attached hydrogens (primary N) is 1. The smallest absolute Gasteiger partial charge is 0.0254 e. The maximum atomic E-state index is 5.95. The van der Waals surface area contributed by atoms with Gasteiger partial charge in [0, 0.05) is 6.04 Å². The van der Waals surface area contributed by atoms with Gasteiger partial charge < -0.3 is 5.73 Å². The van der Waals surface area contributed by atoms with E-state index >= 15 is 0 Å². The lowest BCUT2D eigenvalue weighted by Gasteiger charge is -2.15. The van der Waals surface area contributed by atoms with E-state index < -0.39 is 0 Å². The summed E-state index contributed by atoms with van der Waals surface area (Å²) in [6, 6.07) is 0.345. The van der Waals surface area contributed by atoms with E-state index in [1.54, 1.807) is 0 Å². The highest BCUT2D eigenvalue weighted by molar-refractivity contribution is 5.26. The number of hydrogen-bond donors (Lipinski definition) is 1. The molecule has 0 unspecified atom stereocenters. The Labute approximate surface area is 68.7 Å². The van der Waals surface area contributed by atoms with Crippen molar-refractivity contribution in [1.82, 2.24) is 0 Å². The third-order valence-corrected chi connectivity index (χ3v) is 3.67. The van der Waals surface area contributed by atoms with Gasteiger partial charge in [0.2, 0.25) is 0 Å². The summed E-state index contributed by atoms with van der Waals surface area (Å²) in [5.41, 5.74) is 7.90. The number of allylic oxidation sites excluding steroid dienone is 1. The molecule has 1 heteroatoms. The topological polar surface area (TPSA) is 26.0 Å². The normalized spacial score (nSPS) is 46.2. The SMILES string of the molecule is CC1=C[C@@H]2[C@@H](C[C@@H]1N)C2(C)C. The molecule has 0 aromatic rings. The highest BCUT2D eigenvalue weighted by Gasteiger charge is 2.57. The summed E-state index contributed by atoms with van der Waals surface area (Å²) >= 11 is 0. The Morgan fingerprint density at radius 1 is 1.55 bits per heavy atom. The minimum atomic E-state index is 0.345. The van der Waals surface area contributed by atoms with Crippen LogP contribution in [0.2, 0.25) is 0 Å². The largest absolute Gasteiger partial charge is 0.324 e. The van der Waals surface area contributed by atoms with Crippen molar-refractivity contribution >= 4 is 0 Å². The molecule has 2 aliphatic rings. The van der Waals surface area contributed by atoms with Crippen LogP contribution in [0.1, 0.15) is 27.2 Å². The molecular weight excluding hydrogens is 134 g/mol. The molecule has 0 aromatic carbocycles. The average molecular weight is 151 g/mol. The van der Waals surface area contributed by atoms with Gasteiger partial charge in [-0.25, -0.2) is 0 Å². The van der Waals surface area contributed by atoms with Gasteiger partial charge >= 0.3 is 0 Å². The Morgan fingerprint density at radius 3 is 2.73 bits per heavy atom. The van der Waals surface area contributed by atoms with E-state index in [2.05, 4.69) is 26.8 Å². The first-order chi connectivity index (χ1) is 5.03. The molecule has 0 aromatic heterocycles. The molecule has 0 bridgehead atoms. The molecule has 1 nitrogen and oxygen atoms in total. The molecule has 2 rings (SSSR count). The van der Waals surface area contributed by atoms with Crippen LogP contribution in [0.4, 0.5) is 0 Å². The van der Waals surface area contributed by atoms with E-state index in [4.69, 9.17) is 5.73 Å². The first-order valence-electron chi connectivity index (χ1n) is 4.47. The molecular formula is C10H17N. The molecule has 0 amide bonds. The molecule has 1 saturated carbocycles. The Hall–Kier alpha value is -0.300. The van der Waals surface area contributed by atoms with Crippen LogP contribution in [0.3, 0.4) is 0 Å². The predicted octanol–water partition coefficient (Wildman–Crippen LogP) is 1.94. The zero-order chi connectivity index (χ0) is 8.22. The van der Waals surface area contributed by atoms with Crippen molar-refractivity contribution in [3.8, 4) is 0 Å². The van der Waals surface area contributed by atoms with Crippen molar-refractivity contribution in [1.29, 1.82) is 0 Å². The third kappa shape index (κ3) is 0.871. The molecule has 0 radical (unpaired) electrons. The Kier molecular flexibility index (Phi) is 1.26. The van der Waals surface area contributed by atoms with Crippen LogP contribution in [0.25, 0.3) is 0 Å². The van der Waals surface area contributed by atoms with Gasteiger partial charge in [-0.2, -0.15) is 0 Å². The minimum absolute atomic E-state index is 0.345. The van der Waals surface area contributed by atoms with Gasteiger partial charge in [-0.3, -0.25) is 0 Å². The van der Waals surface area contributed by atoms with Crippen molar-refractivity contribution in [3.63, 3.8) is 0 Å². The summed E-state index contributed by atoms with van der Waals surface area (Å²) in [4.78, 5) is 0. The Morgan fingerprint density at radius 2 is 2.18 bits per heavy atom. The second-order valence-corrected chi connectivity index (χ2v) is 4.71. The molecule has 0 aliphatic heterocycles. The van der Waals surface area contributed by atoms with E-state index in [0.717, 1.165) is 11.8 Å². The van der Waals surface area contributed by atoms with Gasteiger partial charge in [0.25, 0.3) is 0 Å². The van der Waals surface area contributed by atoms with Gasteiger partial charge in [0.05, 0.1) is 0 Å². The highest BCUT2D eigenvalue weighted by atomic mass is 14.7. The lowest BCUT2D eigenvalue weighted by Crippen LogP contribution is -2.24. The van der Waals surface area contributed by atoms with Crippen molar-refractivity contribution in [2.75, 3.05) is 0 Å². The predicted molar refractivity (Wildman–Crippen MR) is 47.1 cm³/mol. The van der Waals surface area contributed by atoms with Crippen LogP contribution in [0.5, 0.6) is 0 Å². The quantitative estimate of drug-likeness (QED) is 0.526. The fraction of sp³-hybridized carbons (Fsp3) is 0.800. The molecule has 2 aliphatic carbocycles. The van der Waals surface area contributed by atoms with Crippen LogP contribution in [-0.4, -0.2) is 6.04 Å². The van der Waals surface area contributed by atoms with Crippen LogP contribution in [-0.2, 0) is 0 Å². The van der Waals surface area contributed by atoms with Crippen LogP contribution in [0.15, 0.2) is 11.6 Å². The molecule has 0 heterocycles. The van der Waals surface area contributed by atoms with Gasteiger partial charge in [-0.1, -0.05) is 25.5 Å². The summed E-state index contributed by atoms with van der Waals surface area (Å²) in [5.74, 6) is 1.71. The first kappa shape index (κ1) is 7.35. The van der Waals surface area contributed by atoms with E-state index in [0.29, 0.717) is 11.5 Å². The number of fused-ring (bicyclic) bond motifs is 1. The molecule has 2 N–H and O–H groups in total. The summed E-state index contributed by atoms with van der Waals surface area (Å²) in [5, 5.41) is 0. The zero-order valence-electron chi connectivity index (χ0n) is 7.59. The molecule has 0 saturated heterocycles. The number of rotatable bonds is 0. The van der Waals surface area contributed by atoms with E-state index in [9.17, 15) is 0 Å². The molecule has 3 atom stereocenters. The average Bonchev–Trinajstić information content (AvgIpc) is 2.39. The monoisotopic (exact) mass is 151 g/mol. The lowest BCUT2D eigenvalue weighted by molar-refractivity contribution is 0.507. The van der Waals surface area contributed by atoms with Crippen LogP contribution < -0.4 is 5.73 Å². The first-order valence-corrected chi connectivity index (χ1v) is 4.47. The fourth-order valence-electron chi connectivity index (χ4n) is 2.43. The minimum Gasteiger partial charge on any atom is -0.324 e. The Bertz CT molecular complexity index is 215. The highest BCUT2D eigenvalue weighted by Crippen LogP contribution is 2.63. The molecule has 62 valence electrons. The zero-order valence-corrected chi connectivity index (χ0v) is 7.59. The molecule has 11 heavy (non-hydrogen) atoms. The van der Waals surface area contributed by atoms with Crippen molar-refractivity contribution in [2.45, 2.75) is 33.2 Å². The molecule has 0 spiro atoms. The van der Waals surface area contributed by atoms with Crippen molar-refractivity contribution < 1.29 is 0 Å². The summed E-state index contributed by atoms with van der Waals surface area (Å²) in [6.45, 7) is 6.86. The maximum Gasteiger partial charge on any atom is 0.0254 e. The van der Waals surface area contributed by atoms with Crippen LogP contribution >= 0.6 is 0 Å². The lowest BCUT2D eigenvalue weighted by atomic mass is 9.96. The summed E-state index contributed by atoms with van der Waals surface area (Å²) < 4.78 is 0. The third-order valence-electron chi connectivity index (χ3n) is 3.67.